The molecule has 4 nitrogen and oxygen atoms in total. The largest absolute Gasteiger partial charge is 0.374 e. The van der Waals surface area contributed by atoms with Crippen molar-refractivity contribution < 1.29 is 9.31 Å². The van der Waals surface area contributed by atoms with Gasteiger partial charge in [0.2, 0.25) is 0 Å². The Hall–Kier alpha value is -1.65. The van der Waals surface area contributed by atoms with E-state index in [2.05, 4.69) is 19.2 Å². The molecule has 1 aliphatic carbocycles. The van der Waals surface area contributed by atoms with Gasteiger partial charge >= 0.3 is 0 Å². The molecule has 19 heavy (non-hydrogen) atoms. The number of benzene rings is 1. The van der Waals surface area contributed by atoms with Gasteiger partial charge in [0.05, 0.1) is 4.92 Å². The minimum Gasteiger partial charge on any atom is -0.374 e. The molecule has 1 aromatic carbocycles. The molecule has 0 radical (unpaired) electrons. The van der Waals surface area contributed by atoms with Crippen LogP contribution in [0.1, 0.15) is 33.1 Å². The van der Waals surface area contributed by atoms with Crippen LogP contribution in [0.4, 0.5) is 15.8 Å². The van der Waals surface area contributed by atoms with E-state index in [0.29, 0.717) is 11.8 Å². The maximum Gasteiger partial charge on any atom is 0.295 e. The smallest absolute Gasteiger partial charge is 0.295 e. The van der Waals surface area contributed by atoms with Gasteiger partial charge in [-0.2, -0.15) is 0 Å². The molecule has 0 spiro atoms. The molecule has 0 amide bonds. The lowest BCUT2D eigenvalue weighted by molar-refractivity contribution is -0.384. The quantitative estimate of drug-likeness (QED) is 0.665. The van der Waals surface area contributed by atoms with Gasteiger partial charge in [-0.3, -0.25) is 10.1 Å². The summed E-state index contributed by atoms with van der Waals surface area (Å²) in [5.41, 5.74) is -0.163. The molecule has 0 heterocycles. The molecule has 1 saturated carbocycles. The van der Waals surface area contributed by atoms with Crippen LogP contribution in [0.15, 0.2) is 18.2 Å². The standard InChI is InChI=1S/C14H19FN2O2/c1-9-5-3-7-12(10(9)2)16-14-11(15)6-4-8-13(14)17(18)19/h4,6,8-10,12,16H,3,5,7H2,1-2H3. The Morgan fingerprint density at radius 1 is 1.37 bits per heavy atom. The van der Waals surface area contributed by atoms with Crippen LogP contribution in [0.5, 0.6) is 0 Å². The first kappa shape index (κ1) is 13.8. The predicted octanol–water partition coefficient (Wildman–Crippen LogP) is 3.97. The third kappa shape index (κ3) is 2.85. The van der Waals surface area contributed by atoms with Crippen LogP contribution < -0.4 is 5.32 Å². The summed E-state index contributed by atoms with van der Waals surface area (Å²) in [6, 6.07) is 4.06. The van der Waals surface area contributed by atoms with E-state index in [4.69, 9.17) is 0 Å². The zero-order chi connectivity index (χ0) is 14.0. The molecular formula is C14H19FN2O2. The average Bonchev–Trinajstić information content (AvgIpc) is 2.36. The zero-order valence-electron chi connectivity index (χ0n) is 11.2. The number of halogens is 1. The SMILES string of the molecule is CC1CCCC(Nc2c(F)cccc2[N+](=O)[O-])C1C. The number of nitro groups is 1. The van der Waals surface area contributed by atoms with E-state index in [0.717, 1.165) is 12.8 Å². The predicted molar refractivity (Wildman–Crippen MR) is 72.6 cm³/mol. The van der Waals surface area contributed by atoms with Crippen LogP contribution >= 0.6 is 0 Å². The Balaban J connectivity index is 2.25. The molecule has 1 aliphatic rings. The van der Waals surface area contributed by atoms with Crippen molar-refractivity contribution in [2.75, 3.05) is 5.32 Å². The molecule has 5 heteroatoms. The van der Waals surface area contributed by atoms with Crippen molar-refractivity contribution in [3.05, 3.63) is 34.1 Å². The summed E-state index contributed by atoms with van der Waals surface area (Å²) in [6.07, 6.45) is 3.17. The molecule has 104 valence electrons. The van der Waals surface area contributed by atoms with E-state index in [1.54, 1.807) is 0 Å². The van der Waals surface area contributed by atoms with E-state index in [1.807, 2.05) is 0 Å². The van der Waals surface area contributed by atoms with Crippen LogP contribution in [0.25, 0.3) is 0 Å². The number of nitrogens with one attached hydrogen (secondary N) is 1. The molecular weight excluding hydrogens is 247 g/mol. The van der Waals surface area contributed by atoms with Crippen LogP contribution in [0.2, 0.25) is 0 Å². The molecule has 0 aliphatic heterocycles. The van der Waals surface area contributed by atoms with Crippen LogP contribution in [-0.4, -0.2) is 11.0 Å². The van der Waals surface area contributed by atoms with E-state index < -0.39 is 10.7 Å². The van der Waals surface area contributed by atoms with E-state index in [-0.39, 0.29) is 17.4 Å². The van der Waals surface area contributed by atoms with Gasteiger partial charge in [-0.15, -0.1) is 0 Å². The summed E-state index contributed by atoms with van der Waals surface area (Å²) in [5, 5.41) is 14.0. The molecule has 0 bridgehead atoms. The lowest BCUT2D eigenvalue weighted by Gasteiger charge is -2.35. The van der Waals surface area contributed by atoms with Crippen molar-refractivity contribution in [1.29, 1.82) is 0 Å². The topological polar surface area (TPSA) is 55.2 Å². The van der Waals surface area contributed by atoms with Gasteiger partial charge in [-0.05, 0) is 24.3 Å². The average molecular weight is 266 g/mol. The van der Waals surface area contributed by atoms with Gasteiger partial charge in [0.1, 0.15) is 5.69 Å². The van der Waals surface area contributed by atoms with Crippen LogP contribution in [-0.2, 0) is 0 Å². The van der Waals surface area contributed by atoms with Crippen molar-refractivity contribution in [2.45, 2.75) is 39.2 Å². The van der Waals surface area contributed by atoms with E-state index in [9.17, 15) is 14.5 Å². The summed E-state index contributed by atoms with van der Waals surface area (Å²) < 4.78 is 13.8. The molecule has 3 unspecified atom stereocenters. The fourth-order valence-corrected chi connectivity index (χ4v) is 2.78. The number of hydrogen-bond donors (Lipinski definition) is 1. The Labute approximate surface area is 112 Å². The van der Waals surface area contributed by atoms with Gasteiger partial charge in [0, 0.05) is 12.1 Å². The van der Waals surface area contributed by atoms with E-state index in [1.165, 1.54) is 24.6 Å². The highest BCUT2D eigenvalue weighted by Gasteiger charge is 2.29. The molecule has 0 saturated heterocycles. The zero-order valence-corrected chi connectivity index (χ0v) is 11.2. The third-order valence-electron chi connectivity index (χ3n) is 4.22. The molecule has 3 atom stereocenters. The van der Waals surface area contributed by atoms with Crippen molar-refractivity contribution in [3.63, 3.8) is 0 Å². The van der Waals surface area contributed by atoms with Crippen molar-refractivity contribution in [2.24, 2.45) is 11.8 Å². The number of nitro benzene ring substituents is 1. The first-order valence-electron chi connectivity index (χ1n) is 6.70. The fraction of sp³-hybridized carbons (Fsp3) is 0.571. The molecule has 1 N–H and O–H groups in total. The molecule has 2 rings (SSSR count). The highest BCUT2D eigenvalue weighted by molar-refractivity contribution is 5.62. The maximum absolute atomic E-state index is 13.8. The molecule has 1 aromatic rings. The van der Waals surface area contributed by atoms with E-state index >= 15 is 0 Å². The summed E-state index contributed by atoms with van der Waals surface area (Å²) >= 11 is 0. The van der Waals surface area contributed by atoms with Crippen LogP contribution in [0.3, 0.4) is 0 Å². The van der Waals surface area contributed by atoms with Crippen molar-refractivity contribution in [1.82, 2.24) is 0 Å². The summed E-state index contributed by atoms with van der Waals surface area (Å²) in [6.45, 7) is 4.29. The highest BCUT2D eigenvalue weighted by atomic mass is 19.1. The minimum absolute atomic E-state index is 0.0263. The van der Waals surface area contributed by atoms with Crippen molar-refractivity contribution in [3.8, 4) is 0 Å². The second-order valence-corrected chi connectivity index (χ2v) is 5.41. The monoisotopic (exact) mass is 266 g/mol. The van der Waals surface area contributed by atoms with Gasteiger partial charge < -0.3 is 5.32 Å². The summed E-state index contributed by atoms with van der Waals surface area (Å²) in [5.74, 6) is 0.379. The van der Waals surface area contributed by atoms with Gasteiger partial charge in [-0.1, -0.05) is 32.8 Å². The van der Waals surface area contributed by atoms with Gasteiger partial charge in [-0.25, -0.2) is 4.39 Å². The molecule has 0 aromatic heterocycles. The second kappa shape index (κ2) is 5.55. The second-order valence-electron chi connectivity index (χ2n) is 5.41. The Kier molecular flexibility index (Phi) is 4.02. The number of hydrogen-bond acceptors (Lipinski definition) is 3. The Bertz CT molecular complexity index is 479. The first-order valence-corrected chi connectivity index (χ1v) is 6.70. The number of rotatable bonds is 3. The maximum atomic E-state index is 13.8. The normalized spacial score (nSPS) is 27.0. The molecule has 1 fully saturated rings. The Morgan fingerprint density at radius 3 is 2.79 bits per heavy atom. The number of anilines is 1. The number of para-hydroxylation sites is 1. The summed E-state index contributed by atoms with van der Waals surface area (Å²) in [7, 11) is 0. The van der Waals surface area contributed by atoms with Crippen LogP contribution in [0, 0.1) is 27.8 Å². The Morgan fingerprint density at radius 2 is 2.11 bits per heavy atom. The lowest BCUT2D eigenvalue weighted by atomic mass is 9.78. The summed E-state index contributed by atoms with van der Waals surface area (Å²) in [4.78, 5) is 10.4. The van der Waals surface area contributed by atoms with Crippen molar-refractivity contribution >= 4 is 11.4 Å². The first-order chi connectivity index (χ1) is 9.00. The lowest BCUT2D eigenvalue weighted by Crippen LogP contribution is -2.35. The highest BCUT2D eigenvalue weighted by Crippen LogP contribution is 2.35. The van der Waals surface area contributed by atoms with Gasteiger partial charge in [0.15, 0.2) is 5.82 Å². The van der Waals surface area contributed by atoms with Gasteiger partial charge in [0.25, 0.3) is 5.69 Å². The fourth-order valence-electron chi connectivity index (χ4n) is 2.78. The third-order valence-corrected chi connectivity index (χ3v) is 4.22. The minimum atomic E-state index is -0.556. The number of nitrogens with zero attached hydrogens (tertiary/aromatic N) is 1.